The second-order valence-electron chi connectivity index (χ2n) is 5.42. The Bertz CT molecular complexity index is 424. The molecule has 4 nitrogen and oxygen atoms in total. The van der Waals surface area contributed by atoms with Gasteiger partial charge in [0.25, 0.3) is 5.91 Å². The highest BCUT2D eigenvalue weighted by atomic mass is 79.9. The number of hydrogen-bond donors (Lipinski definition) is 2. The molecule has 1 aromatic heterocycles. The van der Waals surface area contributed by atoms with Crippen LogP contribution in [0.15, 0.2) is 16.7 Å². The third kappa shape index (κ3) is 4.94. The first-order valence-corrected chi connectivity index (χ1v) is 8.05. The van der Waals surface area contributed by atoms with E-state index in [1.807, 2.05) is 16.8 Å². The van der Waals surface area contributed by atoms with Crippen molar-refractivity contribution in [1.82, 2.24) is 9.88 Å². The molecule has 0 aliphatic rings. The van der Waals surface area contributed by atoms with Gasteiger partial charge < -0.3 is 15.0 Å². The minimum atomic E-state index is -0.0524. The van der Waals surface area contributed by atoms with Crippen molar-refractivity contribution in [3.63, 3.8) is 0 Å². The summed E-state index contributed by atoms with van der Waals surface area (Å²) in [6.45, 7) is 7.01. The lowest BCUT2D eigenvalue weighted by Gasteiger charge is -2.17. The third-order valence-corrected chi connectivity index (χ3v) is 3.82. The van der Waals surface area contributed by atoms with Crippen LogP contribution in [0.25, 0.3) is 0 Å². The molecule has 1 atom stereocenters. The van der Waals surface area contributed by atoms with Gasteiger partial charge in [-0.25, -0.2) is 0 Å². The lowest BCUT2D eigenvalue weighted by molar-refractivity contribution is 0.0932. The average molecular weight is 345 g/mol. The summed E-state index contributed by atoms with van der Waals surface area (Å²) in [5.74, 6) is 0.295. The molecular weight excluding hydrogens is 320 g/mol. The molecule has 1 amide bonds. The van der Waals surface area contributed by atoms with Gasteiger partial charge >= 0.3 is 0 Å². The number of carbonyl (C=O) groups is 1. The Morgan fingerprint density at radius 2 is 2.15 bits per heavy atom. The molecule has 0 aliphatic carbocycles. The predicted molar refractivity (Wildman–Crippen MR) is 85.0 cm³/mol. The number of aliphatic hydroxyl groups excluding tert-OH is 1. The maximum atomic E-state index is 12.3. The van der Waals surface area contributed by atoms with Crippen molar-refractivity contribution in [2.24, 2.45) is 5.92 Å². The molecule has 2 N–H and O–H groups in total. The monoisotopic (exact) mass is 344 g/mol. The van der Waals surface area contributed by atoms with Gasteiger partial charge in [-0.15, -0.1) is 0 Å². The van der Waals surface area contributed by atoms with E-state index >= 15 is 0 Å². The lowest BCUT2D eigenvalue weighted by Crippen LogP contribution is -2.31. The first-order valence-electron chi connectivity index (χ1n) is 7.26. The molecule has 0 saturated heterocycles. The maximum Gasteiger partial charge on any atom is 0.267 e. The van der Waals surface area contributed by atoms with Gasteiger partial charge in [0.2, 0.25) is 0 Å². The molecule has 1 aromatic rings. The Balaban J connectivity index is 2.66. The number of halogens is 1. The van der Waals surface area contributed by atoms with Crippen LogP contribution in [-0.4, -0.2) is 28.7 Å². The number of amides is 1. The van der Waals surface area contributed by atoms with E-state index < -0.39 is 0 Å². The summed E-state index contributed by atoms with van der Waals surface area (Å²) < 4.78 is 2.87. The van der Waals surface area contributed by atoms with Gasteiger partial charge in [-0.1, -0.05) is 13.3 Å². The van der Waals surface area contributed by atoms with Gasteiger partial charge in [0.1, 0.15) is 5.69 Å². The summed E-state index contributed by atoms with van der Waals surface area (Å²) in [6.07, 6.45) is 4.75. The SMILES string of the molecule is CCCC(CCO)CNC(=O)c1cc(Br)cn1C(C)C. The molecule has 0 radical (unpaired) electrons. The van der Waals surface area contributed by atoms with Crippen molar-refractivity contribution in [2.45, 2.75) is 46.1 Å². The van der Waals surface area contributed by atoms with Crippen molar-refractivity contribution >= 4 is 21.8 Å². The van der Waals surface area contributed by atoms with Crippen molar-refractivity contribution in [2.75, 3.05) is 13.2 Å². The molecular formula is C15H25BrN2O2. The summed E-state index contributed by atoms with van der Waals surface area (Å²) in [5.41, 5.74) is 0.672. The fourth-order valence-corrected chi connectivity index (χ4v) is 2.76. The van der Waals surface area contributed by atoms with Crippen molar-refractivity contribution in [1.29, 1.82) is 0 Å². The lowest BCUT2D eigenvalue weighted by atomic mass is 10.0. The van der Waals surface area contributed by atoms with Gasteiger partial charge in [-0.05, 0) is 54.6 Å². The second-order valence-corrected chi connectivity index (χ2v) is 6.34. The highest BCUT2D eigenvalue weighted by Crippen LogP contribution is 2.19. The van der Waals surface area contributed by atoms with Crippen LogP contribution in [0, 0.1) is 5.92 Å². The Kier molecular flexibility index (Phi) is 7.30. The average Bonchev–Trinajstić information content (AvgIpc) is 2.78. The number of carbonyl (C=O) groups excluding carboxylic acids is 1. The fourth-order valence-electron chi connectivity index (χ4n) is 2.32. The number of aliphatic hydroxyl groups is 1. The van der Waals surface area contributed by atoms with E-state index in [9.17, 15) is 4.79 Å². The molecule has 1 heterocycles. The molecule has 0 fully saturated rings. The zero-order valence-electron chi connectivity index (χ0n) is 12.5. The molecule has 20 heavy (non-hydrogen) atoms. The largest absolute Gasteiger partial charge is 0.396 e. The van der Waals surface area contributed by atoms with Crippen LogP contribution >= 0.6 is 15.9 Å². The molecule has 0 spiro atoms. The fraction of sp³-hybridized carbons (Fsp3) is 0.667. The van der Waals surface area contributed by atoms with E-state index in [-0.39, 0.29) is 18.6 Å². The Morgan fingerprint density at radius 3 is 2.70 bits per heavy atom. The van der Waals surface area contributed by atoms with Crippen molar-refractivity contribution in [3.8, 4) is 0 Å². The van der Waals surface area contributed by atoms with E-state index in [1.165, 1.54) is 0 Å². The number of nitrogens with zero attached hydrogens (tertiary/aromatic N) is 1. The minimum Gasteiger partial charge on any atom is -0.396 e. The minimum absolute atomic E-state index is 0.0524. The second kappa shape index (κ2) is 8.47. The number of aromatic nitrogens is 1. The van der Waals surface area contributed by atoms with E-state index in [2.05, 4.69) is 42.0 Å². The summed E-state index contributed by atoms with van der Waals surface area (Å²) >= 11 is 3.42. The van der Waals surface area contributed by atoms with Gasteiger partial charge in [-0.2, -0.15) is 0 Å². The zero-order valence-corrected chi connectivity index (χ0v) is 14.1. The summed E-state index contributed by atoms with van der Waals surface area (Å²) in [6, 6.07) is 2.09. The summed E-state index contributed by atoms with van der Waals surface area (Å²) in [5, 5.41) is 12.0. The van der Waals surface area contributed by atoms with Crippen LogP contribution in [0.2, 0.25) is 0 Å². The van der Waals surface area contributed by atoms with Crippen molar-refractivity contribution in [3.05, 3.63) is 22.4 Å². The quantitative estimate of drug-likeness (QED) is 0.759. The predicted octanol–water partition coefficient (Wildman–Crippen LogP) is 3.36. The molecule has 0 aliphatic heterocycles. The molecule has 0 aromatic carbocycles. The van der Waals surface area contributed by atoms with Crippen LogP contribution in [0.5, 0.6) is 0 Å². The molecule has 0 bridgehead atoms. The van der Waals surface area contributed by atoms with Crippen LogP contribution in [0.4, 0.5) is 0 Å². The summed E-state index contributed by atoms with van der Waals surface area (Å²) in [4.78, 5) is 12.3. The normalized spacial score (nSPS) is 12.7. The molecule has 114 valence electrons. The molecule has 1 unspecified atom stereocenters. The highest BCUT2D eigenvalue weighted by molar-refractivity contribution is 9.10. The standard InChI is InChI=1S/C15H25BrN2O2/c1-4-5-12(6-7-19)9-17-15(20)14-8-13(16)10-18(14)11(2)3/h8,10-12,19H,4-7,9H2,1-3H3,(H,17,20). The van der Waals surface area contributed by atoms with E-state index in [0.29, 0.717) is 18.2 Å². The van der Waals surface area contributed by atoms with E-state index in [0.717, 1.165) is 23.7 Å². The van der Waals surface area contributed by atoms with Gasteiger partial charge in [0.15, 0.2) is 0 Å². The number of rotatable bonds is 8. The van der Waals surface area contributed by atoms with E-state index in [4.69, 9.17) is 5.11 Å². The third-order valence-electron chi connectivity index (χ3n) is 3.39. The van der Waals surface area contributed by atoms with Gasteiger partial charge in [0.05, 0.1) is 0 Å². The van der Waals surface area contributed by atoms with E-state index in [1.54, 1.807) is 0 Å². The van der Waals surface area contributed by atoms with Crippen LogP contribution in [-0.2, 0) is 0 Å². The number of nitrogens with one attached hydrogen (secondary N) is 1. The zero-order chi connectivity index (χ0) is 15.1. The van der Waals surface area contributed by atoms with Crippen molar-refractivity contribution < 1.29 is 9.90 Å². The maximum absolute atomic E-state index is 12.3. The first kappa shape index (κ1) is 17.2. The Hall–Kier alpha value is -0.810. The molecule has 5 heteroatoms. The highest BCUT2D eigenvalue weighted by Gasteiger charge is 2.16. The van der Waals surface area contributed by atoms with Crippen LogP contribution < -0.4 is 5.32 Å². The molecule has 1 rings (SSSR count). The van der Waals surface area contributed by atoms with Crippen LogP contribution in [0.3, 0.4) is 0 Å². The first-order chi connectivity index (χ1) is 9.49. The smallest absolute Gasteiger partial charge is 0.267 e. The van der Waals surface area contributed by atoms with Crippen LogP contribution in [0.1, 0.15) is 56.6 Å². The van der Waals surface area contributed by atoms with Gasteiger partial charge in [0, 0.05) is 29.9 Å². The Morgan fingerprint density at radius 1 is 1.45 bits per heavy atom. The topological polar surface area (TPSA) is 54.3 Å². The number of hydrogen-bond acceptors (Lipinski definition) is 2. The summed E-state index contributed by atoms with van der Waals surface area (Å²) in [7, 11) is 0. The Labute approximate surface area is 129 Å². The van der Waals surface area contributed by atoms with Gasteiger partial charge in [-0.3, -0.25) is 4.79 Å². The molecule has 0 saturated carbocycles.